The van der Waals surface area contributed by atoms with Crippen LogP contribution in [-0.2, 0) is 0 Å². The Kier molecular flexibility index (Phi) is 5.46. The van der Waals surface area contributed by atoms with Gasteiger partial charge in [0.1, 0.15) is 5.82 Å². The Labute approximate surface area is 103 Å². The largest absolute Gasteiger partial charge is 0.324 e. The predicted octanol–water partition coefficient (Wildman–Crippen LogP) is 2.98. The topological polar surface area (TPSA) is 45.2 Å². The molecule has 1 aliphatic rings. The van der Waals surface area contributed by atoms with Crippen molar-refractivity contribution in [3.05, 3.63) is 24.4 Å². The van der Waals surface area contributed by atoms with Crippen molar-refractivity contribution in [1.29, 1.82) is 0 Å². The van der Waals surface area contributed by atoms with Gasteiger partial charge >= 0.3 is 6.03 Å². The second-order valence-corrected chi connectivity index (χ2v) is 3.82. The standard InChI is InChI=1S/C11H15N3O.C2H6/c1-2-9-7-14(8-9)11(15)13-10-5-3-4-6-12-10;1-2/h3-6,9H,2,7-8H2,1H3,(H,12,13,15);1-2H3. The average molecular weight is 235 g/mol. The number of likely N-dealkylation sites (tertiary alicyclic amines) is 1. The highest BCUT2D eigenvalue weighted by Crippen LogP contribution is 2.19. The Hall–Kier alpha value is -1.58. The highest BCUT2D eigenvalue weighted by atomic mass is 16.2. The zero-order valence-corrected chi connectivity index (χ0v) is 10.8. The van der Waals surface area contributed by atoms with Gasteiger partial charge in [-0.05, 0) is 24.5 Å². The Morgan fingerprint density at radius 2 is 2.18 bits per heavy atom. The second kappa shape index (κ2) is 6.89. The molecule has 1 fully saturated rings. The van der Waals surface area contributed by atoms with Crippen LogP contribution >= 0.6 is 0 Å². The number of carbonyl (C=O) groups excluding carboxylic acids is 1. The predicted molar refractivity (Wildman–Crippen MR) is 70.0 cm³/mol. The SMILES string of the molecule is CC.CCC1CN(C(=O)Nc2ccccn2)C1. The minimum atomic E-state index is -0.0431. The van der Waals surface area contributed by atoms with Gasteiger partial charge in [-0.1, -0.05) is 26.8 Å². The molecule has 0 aliphatic carbocycles. The first kappa shape index (κ1) is 13.5. The second-order valence-electron chi connectivity index (χ2n) is 3.82. The molecule has 2 rings (SSSR count). The first-order chi connectivity index (χ1) is 8.29. The van der Waals surface area contributed by atoms with Crippen molar-refractivity contribution in [2.45, 2.75) is 27.2 Å². The van der Waals surface area contributed by atoms with E-state index in [4.69, 9.17) is 0 Å². The number of nitrogens with one attached hydrogen (secondary N) is 1. The number of pyridine rings is 1. The molecule has 0 unspecified atom stereocenters. The first-order valence-corrected chi connectivity index (χ1v) is 6.26. The zero-order chi connectivity index (χ0) is 12.7. The van der Waals surface area contributed by atoms with Crippen LogP contribution in [0.5, 0.6) is 0 Å². The molecule has 1 saturated heterocycles. The summed E-state index contributed by atoms with van der Waals surface area (Å²) in [6.07, 6.45) is 2.81. The Balaban J connectivity index is 0.000000686. The van der Waals surface area contributed by atoms with Gasteiger partial charge in [0.2, 0.25) is 0 Å². The molecule has 0 radical (unpaired) electrons. The summed E-state index contributed by atoms with van der Waals surface area (Å²) in [7, 11) is 0. The fourth-order valence-corrected chi connectivity index (χ4v) is 1.62. The van der Waals surface area contributed by atoms with Gasteiger partial charge in [-0.25, -0.2) is 9.78 Å². The van der Waals surface area contributed by atoms with Crippen LogP contribution < -0.4 is 5.32 Å². The average Bonchev–Trinajstić information content (AvgIpc) is 2.31. The maximum absolute atomic E-state index is 11.6. The van der Waals surface area contributed by atoms with Crippen molar-refractivity contribution in [3.63, 3.8) is 0 Å². The lowest BCUT2D eigenvalue weighted by Crippen LogP contribution is -2.51. The fraction of sp³-hybridized carbons (Fsp3) is 0.538. The van der Waals surface area contributed by atoms with Crippen molar-refractivity contribution in [2.24, 2.45) is 5.92 Å². The van der Waals surface area contributed by atoms with Gasteiger partial charge in [-0.2, -0.15) is 0 Å². The van der Waals surface area contributed by atoms with E-state index in [0.717, 1.165) is 19.5 Å². The summed E-state index contributed by atoms with van der Waals surface area (Å²) in [5.74, 6) is 1.29. The van der Waals surface area contributed by atoms with Crippen molar-refractivity contribution >= 4 is 11.8 Å². The van der Waals surface area contributed by atoms with Crippen molar-refractivity contribution in [2.75, 3.05) is 18.4 Å². The molecule has 1 aromatic heterocycles. The molecule has 17 heavy (non-hydrogen) atoms. The molecule has 94 valence electrons. The molecule has 1 aromatic rings. The van der Waals surface area contributed by atoms with Crippen LogP contribution in [0.15, 0.2) is 24.4 Å². The lowest BCUT2D eigenvalue weighted by molar-refractivity contribution is 0.129. The molecule has 0 spiro atoms. The van der Waals surface area contributed by atoms with E-state index in [0.29, 0.717) is 11.7 Å². The molecule has 0 aromatic carbocycles. The highest BCUT2D eigenvalue weighted by Gasteiger charge is 2.29. The highest BCUT2D eigenvalue weighted by molar-refractivity contribution is 5.88. The van der Waals surface area contributed by atoms with E-state index in [-0.39, 0.29) is 6.03 Å². The molecule has 0 saturated carbocycles. The van der Waals surface area contributed by atoms with Gasteiger partial charge in [-0.3, -0.25) is 5.32 Å². The van der Waals surface area contributed by atoms with E-state index >= 15 is 0 Å². The van der Waals surface area contributed by atoms with Crippen molar-refractivity contribution in [1.82, 2.24) is 9.88 Å². The number of amides is 2. The van der Waals surface area contributed by atoms with Gasteiger partial charge in [0.25, 0.3) is 0 Å². The number of carbonyl (C=O) groups is 1. The number of hydrogen-bond acceptors (Lipinski definition) is 2. The smallest absolute Gasteiger partial charge is 0.323 e. The lowest BCUT2D eigenvalue weighted by Gasteiger charge is -2.38. The molecule has 0 atom stereocenters. The van der Waals surface area contributed by atoms with Crippen LogP contribution in [0, 0.1) is 5.92 Å². The Bertz CT molecular complexity index is 334. The number of urea groups is 1. The molecule has 4 nitrogen and oxygen atoms in total. The third kappa shape index (κ3) is 3.73. The fourth-order valence-electron chi connectivity index (χ4n) is 1.62. The van der Waals surface area contributed by atoms with Crippen LogP contribution in [0.3, 0.4) is 0 Å². The molecule has 2 amide bonds. The van der Waals surface area contributed by atoms with E-state index < -0.39 is 0 Å². The van der Waals surface area contributed by atoms with Crippen LogP contribution in [0.1, 0.15) is 27.2 Å². The van der Waals surface area contributed by atoms with Crippen molar-refractivity contribution < 1.29 is 4.79 Å². The van der Waals surface area contributed by atoms with Crippen LogP contribution in [0.2, 0.25) is 0 Å². The molecule has 2 heterocycles. The molecular formula is C13H21N3O. The third-order valence-electron chi connectivity index (χ3n) is 2.72. The maximum Gasteiger partial charge on any atom is 0.323 e. The summed E-state index contributed by atoms with van der Waals surface area (Å²) in [5.41, 5.74) is 0. The quantitative estimate of drug-likeness (QED) is 0.856. The molecule has 0 bridgehead atoms. The first-order valence-electron chi connectivity index (χ1n) is 6.26. The van der Waals surface area contributed by atoms with E-state index in [2.05, 4.69) is 17.2 Å². The van der Waals surface area contributed by atoms with Crippen LogP contribution in [-0.4, -0.2) is 29.0 Å². The summed E-state index contributed by atoms with van der Waals surface area (Å²) in [5, 5.41) is 2.76. The number of hydrogen-bond donors (Lipinski definition) is 1. The molecular weight excluding hydrogens is 214 g/mol. The van der Waals surface area contributed by atoms with Crippen LogP contribution in [0.25, 0.3) is 0 Å². The number of anilines is 1. The normalized spacial score (nSPS) is 14.4. The maximum atomic E-state index is 11.6. The van der Waals surface area contributed by atoms with Gasteiger partial charge in [0.15, 0.2) is 0 Å². The van der Waals surface area contributed by atoms with E-state index in [1.54, 1.807) is 12.3 Å². The van der Waals surface area contributed by atoms with E-state index in [9.17, 15) is 4.79 Å². The molecule has 1 N–H and O–H groups in total. The number of rotatable bonds is 2. The lowest BCUT2D eigenvalue weighted by atomic mass is 9.98. The monoisotopic (exact) mass is 235 g/mol. The molecule has 4 heteroatoms. The summed E-state index contributed by atoms with van der Waals surface area (Å²) >= 11 is 0. The van der Waals surface area contributed by atoms with E-state index in [1.807, 2.05) is 30.9 Å². The number of nitrogens with zero attached hydrogens (tertiary/aromatic N) is 2. The minimum Gasteiger partial charge on any atom is -0.324 e. The van der Waals surface area contributed by atoms with E-state index in [1.165, 1.54) is 0 Å². The van der Waals surface area contributed by atoms with Crippen molar-refractivity contribution in [3.8, 4) is 0 Å². The van der Waals surface area contributed by atoms with Gasteiger partial charge in [-0.15, -0.1) is 0 Å². The van der Waals surface area contributed by atoms with Gasteiger partial charge in [0, 0.05) is 19.3 Å². The summed E-state index contributed by atoms with van der Waals surface area (Å²) in [6, 6.07) is 5.42. The number of aromatic nitrogens is 1. The Morgan fingerprint density at radius 1 is 1.47 bits per heavy atom. The summed E-state index contributed by atoms with van der Waals surface area (Å²) in [4.78, 5) is 17.5. The van der Waals surface area contributed by atoms with Crippen LogP contribution in [0.4, 0.5) is 10.6 Å². The summed E-state index contributed by atoms with van der Waals surface area (Å²) < 4.78 is 0. The van der Waals surface area contributed by atoms with Gasteiger partial charge in [0.05, 0.1) is 0 Å². The zero-order valence-electron chi connectivity index (χ0n) is 10.8. The molecule has 1 aliphatic heterocycles. The summed E-state index contributed by atoms with van der Waals surface area (Å²) in [6.45, 7) is 7.89. The minimum absolute atomic E-state index is 0.0431. The van der Waals surface area contributed by atoms with Gasteiger partial charge < -0.3 is 4.90 Å². The third-order valence-corrected chi connectivity index (χ3v) is 2.72. The Morgan fingerprint density at radius 3 is 2.71 bits per heavy atom.